The number of hydrogen-bond donors (Lipinski definition) is 0. The molecule has 0 saturated heterocycles. The Bertz CT molecular complexity index is 248. The van der Waals surface area contributed by atoms with Gasteiger partial charge in [0.15, 0.2) is 0 Å². The average molecular weight is 198 g/mol. The summed E-state index contributed by atoms with van der Waals surface area (Å²) in [6.07, 6.45) is 3.50. The zero-order valence-electron chi connectivity index (χ0n) is 7.85. The summed E-state index contributed by atoms with van der Waals surface area (Å²) in [5.41, 5.74) is 0. The number of rotatable bonds is 5. The summed E-state index contributed by atoms with van der Waals surface area (Å²) >= 11 is 5.88. The molecule has 71 valence electrons. The molecule has 0 aromatic heterocycles. The fourth-order valence-corrected chi connectivity index (χ4v) is 1.23. The molecule has 0 aliphatic rings. The van der Waals surface area contributed by atoms with E-state index >= 15 is 0 Å². The second-order valence-electron chi connectivity index (χ2n) is 2.91. The molecule has 1 radical (unpaired) electrons. The van der Waals surface area contributed by atoms with E-state index in [1.54, 1.807) is 12.1 Å². The van der Waals surface area contributed by atoms with Crippen LogP contribution in [0.2, 0.25) is 5.02 Å². The van der Waals surface area contributed by atoms with E-state index in [-0.39, 0.29) is 0 Å². The lowest BCUT2D eigenvalue weighted by molar-refractivity contribution is 0.306. The van der Waals surface area contributed by atoms with Crippen molar-refractivity contribution >= 4 is 11.6 Å². The molecule has 0 N–H and O–H groups in total. The summed E-state index contributed by atoms with van der Waals surface area (Å²) in [6.45, 7) is 2.92. The first-order chi connectivity index (χ1) is 6.34. The molecule has 2 heteroatoms. The lowest BCUT2D eigenvalue weighted by atomic mass is 10.3. The molecule has 1 rings (SSSR count). The molecule has 1 aromatic rings. The van der Waals surface area contributed by atoms with Crippen molar-refractivity contribution in [3.8, 4) is 5.75 Å². The van der Waals surface area contributed by atoms with Crippen LogP contribution < -0.4 is 4.74 Å². The Kier molecular flexibility index (Phi) is 4.69. The van der Waals surface area contributed by atoms with Gasteiger partial charge in [-0.15, -0.1) is 0 Å². The minimum atomic E-state index is 0.638. The highest BCUT2D eigenvalue weighted by atomic mass is 35.5. The van der Waals surface area contributed by atoms with Gasteiger partial charge in [-0.25, -0.2) is 0 Å². The number of ether oxygens (including phenoxy) is 1. The van der Waals surface area contributed by atoms with Gasteiger partial charge < -0.3 is 4.74 Å². The molecule has 13 heavy (non-hydrogen) atoms. The maximum absolute atomic E-state index is 5.88. The summed E-state index contributed by atoms with van der Waals surface area (Å²) in [6, 6.07) is 8.26. The van der Waals surface area contributed by atoms with E-state index in [0.717, 1.165) is 18.8 Å². The van der Waals surface area contributed by atoms with E-state index in [4.69, 9.17) is 16.3 Å². The number of halogens is 1. The Morgan fingerprint density at radius 2 is 2.31 bits per heavy atom. The smallest absolute Gasteiger partial charge is 0.137 e. The highest BCUT2D eigenvalue weighted by molar-refractivity contribution is 6.32. The van der Waals surface area contributed by atoms with Gasteiger partial charge in [0.05, 0.1) is 11.6 Å². The van der Waals surface area contributed by atoms with Gasteiger partial charge in [0.2, 0.25) is 0 Å². The molecule has 0 heterocycles. The number of benzene rings is 1. The van der Waals surface area contributed by atoms with E-state index in [9.17, 15) is 0 Å². The normalized spacial score (nSPS) is 10.0. The van der Waals surface area contributed by atoms with Crippen LogP contribution in [0.5, 0.6) is 5.75 Å². The monoisotopic (exact) mass is 197 g/mol. The van der Waals surface area contributed by atoms with Crippen molar-refractivity contribution in [2.45, 2.75) is 26.2 Å². The van der Waals surface area contributed by atoms with Crippen LogP contribution in [0.25, 0.3) is 0 Å². The molecular weight excluding hydrogens is 184 g/mol. The Balaban J connectivity index is 2.32. The van der Waals surface area contributed by atoms with Gasteiger partial charge in [-0.3, -0.25) is 0 Å². The average Bonchev–Trinajstić information content (AvgIpc) is 2.15. The van der Waals surface area contributed by atoms with Crippen LogP contribution in [0.15, 0.2) is 18.2 Å². The fourth-order valence-electron chi connectivity index (χ4n) is 1.05. The van der Waals surface area contributed by atoms with Crippen molar-refractivity contribution in [3.05, 3.63) is 29.3 Å². The van der Waals surface area contributed by atoms with E-state index in [2.05, 4.69) is 13.0 Å². The highest BCUT2D eigenvalue weighted by Crippen LogP contribution is 2.22. The van der Waals surface area contributed by atoms with Crippen molar-refractivity contribution in [1.82, 2.24) is 0 Å². The van der Waals surface area contributed by atoms with Crippen LogP contribution in [0.3, 0.4) is 0 Å². The third-order valence-electron chi connectivity index (χ3n) is 1.78. The van der Waals surface area contributed by atoms with Gasteiger partial charge in [0.25, 0.3) is 0 Å². The topological polar surface area (TPSA) is 9.23 Å². The minimum Gasteiger partial charge on any atom is -0.492 e. The van der Waals surface area contributed by atoms with Crippen LogP contribution in [0, 0.1) is 6.07 Å². The quantitative estimate of drug-likeness (QED) is 0.654. The maximum atomic E-state index is 5.88. The van der Waals surface area contributed by atoms with Gasteiger partial charge >= 0.3 is 0 Å². The first-order valence-electron chi connectivity index (χ1n) is 4.63. The Hall–Kier alpha value is -0.690. The minimum absolute atomic E-state index is 0.638. The van der Waals surface area contributed by atoms with Gasteiger partial charge in [-0.2, -0.15) is 0 Å². The lowest BCUT2D eigenvalue weighted by Gasteiger charge is -2.06. The Morgan fingerprint density at radius 3 is 3.00 bits per heavy atom. The second kappa shape index (κ2) is 5.87. The SMILES string of the molecule is CCCCCOc1cc[c]cc1Cl. The van der Waals surface area contributed by atoms with E-state index in [1.165, 1.54) is 12.8 Å². The molecule has 0 atom stereocenters. The van der Waals surface area contributed by atoms with Gasteiger partial charge in [-0.05, 0) is 24.6 Å². The van der Waals surface area contributed by atoms with E-state index in [0.29, 0.717) is 5.02 Å². The van der Waals surface area contributed by atoms with Gasteiger partial charge in [0, 0.05) is 0 Å². The molecular formula is C11H14ClO. The highest BCUT2D eigenvalue weighted by Gasteiger charge is 1.98. The van der Waals surface area contributed by atoms with Crippen molar-refractivity contribution < 1.29 is 4.74 Å². The van der Waals surface area contributed by atoms with Gasteiger partial charge in [0.1, 0.15) is 5.75 Å². The third kappa shape index (κ3) is 3.69. The van der Waals surface area contributed by atoms with E-state index < -0.39 is 0 Å². The molecule has 0 spiro atoms. The Labute approximate surface area is 84.7 Å². The summed E-state index contributed by atoms with van der Waals surface area (Å²) < 4.78 is 5.49. The zero-order valence-corrected chi connectivity index (χ0v) is 8.60. The molecule has 0 saturated carbocycles. The standard InChI is InChI=1S/C11H14ClO/c1-2-3-6-9-13-11-8-5-4-7-10(11)12/h5,7-8H,2-3,6,9H2,1H3. The van der Waals surface area contributed by atoms with Gasteiger partial charge in [-0.1, -0.05) is 37.4 Å². The van der Waals surface area contributed by atoms with Crippen molar-refractivity contribution in [3.63, 3.8) is 0 Å². The summed E-state index contributed by atoms with van der Waals surface area (Å²) in [7, 11) is 0. The predicted octanol–water partition coefficient (Wildman–Crippen LogP) is 3.71. The first kappa shape index (κ1) is 10.4. The summed E-state index contributed by atoms with van der Waals surface area (Å²) in [4.78, 5) is 0. The van der Waals surface area contributed by atoms with Crippen LogP contribution in [0.4, 0.5) is 0 Å². The molecule has 1 aromatic carbocycles. The number of hydrogen-bond acceptors (Lipinski definition) is 1. The Morgan fingerprint density at radius 1 is 1.46 bits per heavy atom. The summed E-state index contributed by atoms with van der Waals surface area (Å²) in [5, 5.41) is 0.638. The maximum Gasteiger partial charge on any atom is 0.137 e. The van der Waals surface area contributed by atoms with Crippen LogP contribution in [-0.4, -0.2) is 6.61 Å². The van der Waals surface area contributed by atoms with Crippen LogP contribution in [-0.2, 0) is 0 Å². The molecule has 1 nitrogen and oxygen atoms in total. The first-order valence-corrected chi connectivity index (χ1v) is 5.00. The lowest BCUT2D eigenvalue weighted by Crippen LogP contribution is -1.97. The van der Waals surface area contributed by atoms with Crippen molar-refractivity contribution in [2.24, 2.45) is 0 Å². The van der Waals surface area contributed by atoms with Crippen LogP contribution in [0.1, 0.15) is 26.2 Å². The number of unbranched alkanes of at least 4 members (excludes halogenated alkanes) is 2. The van der Waals surface area contributed by atoms with Crippen molar-refractivity contribution in [2.75, 3.05) is 6.61 Å². The largest absolute Gasteiger partial charge is 0.492 e. The predicted molar refractivity (Wildman–Crippen MR) is 55.3 cm³/mol. The molecule has 0 aliphatic heterocycles. The molecule has 0 fully saturated rings. The fraction of sp³-hybridized carbons (Fsp3) is 0.455. The second-order valence-corrected chi connectivity index (χ2v) is 3.32. The summed E-state index contributed by atoms with van der Waals surface area (Å²) in [5.74, 6) is 0.761. The van der Waals surface area contributed by atoms with Crippen LogP contribution >= 0.6 is 11.6 Å². The molecule has 0 bridgehead atoms. The molecule has 0 unspecified atom stereocenters. The van der Waals surface area contributed by atoms with Crippen molar-refractivity contribution in [1.29, 1.82) is 0 Å². The van der Waals surface area contributed by atoms with E-state index in [1.807, 2.05) is 6.07 Å². The molecule has 0 aliphatic carbocycles. The zero-order chi connectivity index (χ0) is 9.52. The molecule has 0 amide bonds. The third-order valence-corrected chi connectivity index (χ3v) is 2.08.